The molecule has 1 aromatic heterocycles. The molecule has 3 aromatic rings. The summed E-state index contributed by atoms with van der Waals surface area (Å²) in [5.41, 5.74) is 6.93. The summed E-state index contributed by atoms with van der Waals surface area (Å²) < 4.78 is 5.81. The first-order chi connectivity index (χ1) is 15.0. The van der Waals surface area contributed by atoms with Crippen molar-refractivity contribution in [3.8, 4) is 5.75 Å². The fourth-order valence-electron chi connectivity index (χ4n) is 3.86. The van der Waals surface area contributed by atoms with Crippen molar-refractivity contribution in [1.82, 2.24) is 4.98 Å². The van der Waals surface area contributed by atoms with Gasteiger partial charge in [-0.25, -0.2) is 4.98 Å². The molecule has 7 nitrogen and oxygen atoms in total. The van der Waals surface area contributed by atoms with Gasteiger partial charge in [0.1, 0.15) is 17.1 Å². The van der Waals surface area contributed by atoms with Gasteiger partial charge in [-0.05, 0) is 61.2 Å². The van der Waals surface area contributed by atoms with E-state index < -0.39 is 5.91 Å². The van der Waals surface area contributed by atoms with Gasteiger partial charge < -0.3 is 20.7 Å². The van der Waals surface area contributed by atoms with E-state index in [4.69, 9.17) is 15.5 Å². The molecule has 0 saturated carbocycles. The van der Waals surface area contributed by atoms with Gasteiger partial charge in [0.25, 0.3) is 5.91 Å². The van der Waals surface area contributed by atoms with E-state index in [0.29, 0.717) is 22.9 Å². The van der Waals surface area contributed by atoms with Crippen LogP contribution in [-0.2, 0) is 4.79 Å². The Labute approximate surface area is 181 Å². The average molecular weight is 418 g/mol. The molecule has 0 aliphatic carbocycles. The normalized spacial score (nSPS) is 16.2. The fraction of sp³-hybridized carbons (Fsp3) is 0.292. The van der Waals surface area contributed by atoms with Crippen LogP contribution in [0.1, 0.15) is 30.1 Å². The van der Waals surface area contributed by atoms with Crippen LogP contribution >= 0.6 is 0 Å². The van der Waals surface area contributed by atoms with E-state index in [2.05, 4.69) is 17.1 Å². The van der Waals surface area contributed by atoms with E-state index in [-0.39, 0.29) is 12.5 Å². The highest BCUT2D eigenvalue weighted by molar-refractivity contribution is 5.95. The Morgan fingerprint density at radius 3 is 2.71 bits per heavy atom. The molecule has 1 fully saturated rings. The number of aromatic nitrogens is 1. The average Bonchev–Trinajstić information content (AvgIpc) is 2.77. The minimum absolute atomic E-state index is 0.149. The first-order valence-electron chi connectivity index (χ1n) is 10.5. The summed E-state index contributed by atoms with van der Waals surface area (Å²) in [7, 11) is 0. The van der Waals surface area contributed by atoms with E-state index >= 15 is 0 Å². The SMILES string of the molecule is C[C@@H]1CCCN(c2ccc3cccc(OCC(=O)Nc4ccc(C(N)=O)cc4)c3n2)C1. The summed E-state index contributed by atoms with van der Waals surface area (Å²) in [5, 5.41) is 3.72. The van der Waals surface area contributed by atoms with Crippen molar-refractivity contribution in [3.05, 3.63) is 60.2 Å². The number of primary amides is 1. The van der Waals surface area contributed by atoms with Crippen LogP contribution in [0.25, 0.3) is 10.9 Å². The number of nitrogens with two attached hydrogens (primary N) is 1. The van der Waals surface area contributed by atoms with Crippen LogP contribution in [0.5, 0.6) is 5.75 Å². The number of carbonyl (C=O) groups is 2. The molecular formula is C24H26N4O3. The number of benzene rings is 2. The van der Waals surface area contributed by atoms with Crippen LogP contribution in [0.3, 0.4) is 0 Å². The summed E-state index contributed by atoms with van der Waals surface area (Å²) >= 11 is 0. The standard InChI is InChI=1S/C24H26N4O3/c1-16-4-3-13-28(14-16)21-12-9-17-5-2-6-20(23(17)27-21)31-15-22(29)26-19-10-7-18(8-11-19)24(25)30/h2,5-12,16H,3-4,13-15H2,1H3,(H2,25,30)(H,26,29)/t16-/m1/s1. The zero-order valence-electron chi connectivity index (χ0n) is 17.5. The number of para-hydroxylation sites is 1. The molecule has 2 heterocycles. The Balaban J connectivity index is 1.45. The summed E-state index contributed by atoms with van der Waals surface area (Å²) in [6, 6.07) is 16.2. The fourth-order valence-corrected chi connectivity index (χ4v) is 3.86. The summed E-state index contributed by atoms with van der Waals surface area (Å²) in [5.74, 6) is 1.35. The Kier molecular flexibility index (Phi) is 6.02. The Hall–Kier alpha value is -3.61. The number of pyridine rings is 1. The predicted octanol–water partition coefficient (Wildman–Crippen LogP) is 3.59. The van der Waals surface area contributed by atoms with Crippen LogP contribution in [0.15, 0.2) is 54.6 Å². The number of nitrogens with one attached hydrogen (secondary N) is 1. The number of anilines is 2. The molecule has 7 heteroatoms. The number of rotatable bonds is 6. The molecule has 160 valence electrons. The molecule has 2 amide bonds. The lowest BCUT2D eigenvalue weighted by atomic mass is 10.0. The van der Waals surface area contributed by atoms with Crippen LogP contribution < -0.4 is 20.7 Å². The van der Waals surface area contributed by atoms with Crippen molar-refractivity contribution in [1.29, 1.82) is 0 Å². The molecule has 0 radical (unpaired) electrons. The van der Waals surface area contributed by atoms with Gasteiger partial charge in [0.15, 0.2) is 6.61 Å². The minimum atomic E-state index is -0.511. The molecule has 4 rings (SSSR count). The molecule has 0 spiro atoms. The molecule has 0 unspecified atom stereocenters. The first kappa shape index (κ1) is 20.7. The van der Waals surface area contributed by atoms with E-state index in [1.165, 1.54) is 12.8 Å². The van der Waals surface area contributed by atoms with Crippen LogP contribution in [0.2, 0.25) is 0 Å². The van der Waals surface area contributed by atoms with E-state index in [1.807, 2.05) is 30.3 Å². The maximum absolute atomic E-state index is 12.3. The van der Waals surface area contributed by atoms with Gasteiger partial charge in [0, 0.05) is 29.7 Å². The topological polar surface area (TPSA) is 97.5 Å². The van der Waals surface area contributed by atoms with Gasteiger partial charge in [0.05, 0.1) is 0 Å². The molecule has 31 heavy (non-hydrogen) atoms. The third kappa shape index (κ3) is 4.94. The van der Waals surface area contributed by atoms with E-state index in [0.717, 1.165) is 29.8 Å². The van der Waals surface area contributed by atoms with Crippen molar-refractivity contribution in [2.24, 2.45) is 11.7 Å². The number of ether oxygens (including phenoxy) is 1. The lowest BCUT2D eigenvalue weighted by molar-refractivity contribution is -0.118. The number of nitrogens with zero attached hydrogens (tertiary/aromatic N) is 2. The maximum Gasteiger partial charge on any atom is 0.262 e. The smallest absolute Gasteiger partial charge is 0.262 e. The summed E-state index contributed by atoms with van der Waals surface area (Å²) in [6.07, 6.45) is 2.42. The lowest BCUT2D eigenvalue weighted by Crippen LogP contribution is -2.34. The third-order valence-corrected chi connectivity index (χ3v) is 5.46. The van der Waals surface area contributed by atoms with Crippen molar-refractivity contribution < 1.29 is 14.3 Å². The molecule has 1 aliphatic heterocycles. The van der Waals surface area contributed by atoms with Gasteiger partial charge in [0.2, 0.25) is 5.91 Å². The number of amides is 2. The monoisotopic (exact) mass is 418 g/mol. The number of carbonyl (C=O) groups excluding carboxylic acids is 2. The van der Waals surface area contributed by atoms with E-state index in [1.54, 1.807) is 24.3 Å². The lowest BCUT2D eigenvalue weighted by Gasteiger charge is -2.32. The van der Waals surface area contributed by atoms with E-state index in [9.17, 15) is 9.59 Å². The number of fused-ring (bicyclic) bond motifs is 1. The zero-order chi connectivity index (χ0) is 21.8. The van der Waals surface area contributed by atoms with Gasteiger partial charge in [-0.2, -0.15) is 0 Å². The van der Waals surface area contributed by atoms with Crippen LogP contribution in [-0.4, -0.2) is 36.5 Å². The minimum Gasteiger partial charge on any atom is -0.481 e. The second-order valence-corrected chi connectivity index (χ2v) is 7.97. The third-order valence-electron chi connectivity index (χ3n) is 5.46. The van der Waals surface area contributed by atoms with Gasteiger partial charge in [-0.15, -0.1) is 0 Å². The highest BCUT2D eigenvalue weighted by atomic mass is 16.5. The van der Waals surface area contributed by atoms with Gasteiger partial charge in [-0.3, -0.25) is 9.59 Å². The molecular weight excluding hydrogens is 392 g/mol. The Bertz CT molecular complexity index is 1100. The molecule has 3 N–H and O–H groups in total. The van der Waals surface area contributed by atoms with Crippen LogP contribution in [0, 0.1) is 5.92 Å². The Morgan fingerprint density at radius 1 is 1.16 bits per heavy atom. The second kappa shape index (κ2) is 9.04. The molecule has 1 saturated heterocycles. The van der Waals surface area contributed by atoms with Crippen molar-refractivity contribution >= 4 is 34.2 Å². The van der Waals surface area contributed by atoms with Crippen LogP contribution in [0.4, 0.5) is 11.5 Å². The molecule has 1 atom stereocenters. The molecule has 1 aliphatic rings. The molecule has 2 aromatic carbocycles. The summed E-state index contributed by atoms with van der Waals surface area (Å²) in [6.45, 7) is 4.12. The quantitative estimate of drug-likeness (QED) is 0.638. The number of piperidine rings is 1. The first-order valence-corrected chi connectivity index (χ1v) is 10.5. The molecule has 0 bridgehead atoms. The number of hydrogen-bond acceptors (Lipinski definition) is 5. The Morgan fingerprint density at radius 2 is 1.97 bits per heavy atom. The highest BCUT2D eigenvalue weighted by Crippen LogP contribution is 2.28. The predicted molar refractivity (Wildman–Crippen MR) is 121 cm³/mol. The van der Waals surface area contributed by atoms with Gasteiger partial charge >= 0.3 is 0 Å². The van der Waals surface area contributed by atoms with Crippen molar-refractivity contribution in [3.63, 3.8) is 0 Å². The number of hydrogen-bond donors (Lipinski definition) is 2. The second-order valence-electron chi connectivity index (χ2n) is 7.97. The summed E-state index contributed by atoms with van der Waals surface area (Å²) in [4.78, 5) is 30.6. The van der Waals surface area contributed by atoms with Gasteiger partial charge in [-0.1, -0.05) is 19.1 Å². The highest BCUT2D eigenvalue weighted by Gasteiger charge is 2.18. The van der Waals surface area contributed by atoms with Crippen molar-refractivity contribution in [2.75, 3.05) is 29.9 Å². The van der Waals surface area contributed by atoms with Crippen molar-refractivity contribution in [2.45, 2.75) is 19.8 Å². The zero-order valence-corrected chi connectivity index (χ0v) is 17.5. The largest absolute Gasteiger partial charge is 0.481 e. The maximum atomic E-state index is 12.3.